The van der Waals surface area contributed by atoms with Crippen molar-refractivity contribution in [1.29, 1.82) is 0 Å². The molecule has 0 saturated carbocycles. The van der Waals surface area contributed by atoms with Gasteiger partial charge in [-0.3, -0.25) is 4.79 Å². The summed E-state index contributed by atoms with van der Waals surface area (Å²) in [5.41, 5.74) is 3.98. The molecule has 11 heteroatoms. The molecule has 5 rings (SSSR count). The molecule has 216 valence electrons. The lowest BCUT2D eigenvalue weighted by molar-refractivity contribution is -0.0181. The lowest BCUT2D eigenvalue weighted by Gasteiger charge is -2.32. The standard InChI is InChI=1S/C30H34N4O6S/c1-30(2,3)25-15-21(26-28(32-11-10-31-26)40-18-20-8-6-5-7-9-20)14-23-24(19-39-27(23)25)29(35)34-12-13-38-22(17-34)16-33-41(4,36)37/h5-11,14-15,19,22,33H,12-13,16-18H2,1-4H3. The summed E-state index contributed by atoms with van der Waals surface area (Å²) in [4.78, 5) is 24.5. The molecule has 1 amide bonds. The van der Waals surface area contributed by atoms with Crippen LogP contribution in [-0.4, -0.2) is 67.8 Å². The molecule has 0 spiro atoms. The lowest BCUT2D eigenvalue weighted by Crippen LogP contribution is -2.49. The van der Waals surface area contributed by atoms with Crippen molar-refractivity contribution >= 4 is 26.9 Å². The summed E-state index contributed by atoms with van der Waals surface area (Å²) in [6, 6.07) is 13.7. The third-order valence-corrected chi connectivity index (χ3v) is 7.56. The average Bonchev–Trinajstić information content (AvgIpc) is 3.38. The van der Waals surface area contributed by atoms with Crippen molar-refractivity contribution in [2.75, 3.05) is 32.5 Å². The number of nitrogens with one attached hydrogen (secondary N) is 1. The van der Waals surface area contributed by atoms with Crippen LogP contribution in [0.4, 0.5) is 0 Å². The largest absolute Gasteiger partial charge is 0.471 e. The molecule has 0 aliphatic carbocycles. The molecule has 2 aromatic carbocycles. The van der Waals surface area contributed by atoms with Gasteiger partial charge in [0.15, 0.2) is 0 Å². The van der Waals surface area contributed by atoms with Gasteiger partial charge in [0.2, 0.25) is 15.9 Å². The van der Waals surface area contributed by atoms with Gasteiger partial charge >= 0.3 is 0 Å². The maximum absolute atomic E-state index is 13.8. The first kappa shape index (κ1) is 28.7. The third-order valence-electron chi connectivity index (χ3n) is 6.87. The zero-order valence-corrected chi connectivity index (χ0v) is 24.4. The first-order valence-electron chi connectivity index (χ1n) is 13.4. The van der Waals surface area contributed by atoms with Crippen LogP contribution in [0.2, 0.25) is 0 Å². The van der Waals surface area contributed by atoms with Gasteiger partial charge in [-0.1, -0.05) is 51.1 Å². The predicted octanol–water partition coefficient (Wildman–Crippen LogP) is 4.16. The normalized spacial score (nSPS) is 16.2. The number of furan rings is 1. The smallest absolute Gasteiger partial charge is 0.257 e. The number of hydrogen-bond donors (Lipinski definition) is 1. The zero-order chi connectivity index (χ0) is 29.2. The summed E-state index contributed by atoms with van der Waals surface area (Å²) in [6.07, 6.45) is 5.34. The molecule has 10 nitrogen and oxygen atoms in total. The van der Waals surface area contributed by atoms with Gasteiger partial charge in [-0.05, 0) is 23.1 Å². The van der Waals surface area contributed by atoms with E-state index in [0.29, 0.717) is 47.9 Å². The Bertz CT molecular complexity index is 1650. The van der Waals surface area contributed by atoms with Gasteiger partial charge in [0.25, 0.3) is 5.91 Å². The van der Waals surface area contributed by atoms with Crippen LogP contribution >= 0.6 is 0 Å². The Morgan fingerprint density at radius 2 is 1.90 bits per heavy atom. The Morgan fingerprint density at radius 1 is 1.15 bits per heavy atom. The van der Waals surface area contributed by atoms with Crippen LogP contribution < -0.4 is 9.46 Å². The average molecular weight is 579 g/mol. The van der Waals surface area contributed by atoms with Crippen molar-refractivity contribution in [3.05, 3.63) is 77.8 Å². The predicted molar refractivity (Wildman–Crippen MR) is 155 cm³/mol. The maximum atomic E-state index is 13.8. The Kier molecular flexibility index (Phi) is 8.12. The van der Waals surface area contributed by atoms with E-state index < -0.39 is 16.1 Å². The minimum Gasteiger partial charge on any atom is -0.471 e. The summed E-state index contributed by atoms with van der Waals surface area (Å²) in [7, 11) is -3.38. The van der Waals surface area contributed by atoms with Crippen molar-refractivity contribution in [2.24, 2.45) is 0 Å². The molecule has 3 heterocycles. The molecule has 0 radical (unpaired) electrons. The molecule has 1 aliphatic heterocycles. The quantitative estimate of drug-likeness (QED) is 0.331. The topological polar surface area (TPSA) is 124 Å². The Labute approximate surface area is 239 Å². The molecular formula is C30H34N4O6S. The van der Waals surface area contributed by atoms with Crippen molar-refractivity contribution in [2.45, 2.75) is 38.9 Å². The number of carbonyl (C=O) groups is 1. The lowest BCUT2D eigenvalue weighted by atomic mass is 9.84. The van der Waals surface area contributed by atoms with Crippen molar-refractivity contribution in [3.8, 4) is 17.1 Å². The fourth-order valence-corrected chi connectivity index (χ4v) is 5.28. The molecule has 1 fully saturated rings. The number of amides is 1. The van der Waals surface area contributed by atoms with Crippen molar-refractivity contribution in [3.63, 3.8) is 0 Å². The number of hydrogen-bond acceptors (Lipinski definition) is 8. The van der Waals surface area contributed by atoms with Gasteiger partial charge < -0.3 is 18.8 Å². The fraction of sp³-hybridized carbons (Fsp3) is 0.367. The highest BCUT2D eigenvalue weighted by Crippen LogP contribution is 2.38. The van der Waals surface area contributed by atoms with E-state index in [1.54, 1.807) is 17.3 Å². The third kappa shape index (κ3) is 6.75. The number of carbonyl (C=O) groups excluding carboxylic acids is 1. The summed E-state index contributed by atoms with van der Waals surface area (Å²) < 4.78 is 43.4. The van der Waals surface area contributed by atoms with Crippen molar-refractivity contribution in [1.82, 2.24) is 19.6 Å². The van der Waals surface area contributed by atoms with Crippen LogP contribution in [0.15, 0.2) is 65.5 Å². The first-order chi connectivity index (χ1) is 19.5. The first-order valence-corrected chi connectivity index (χ1v) is 15.3. The van der Waals surface area contributed by atoms with Crippen LogP contribution in [0, 0.1) is 0 Å². The summed E-state index contributed by atoms with van der Waals surface area (Å²) in [6.45, 7) is 7.61. The molecule has 1 atom stereocenters. The molecule has 1 saturated heterocycles. The second kappa shape index (κ2) is 11.6. The SMILES string of the molecule is CC(C)(C)c1cc(-c2nccnc2OCc2ccccc2)cc2c(C(=O)N3CCOC(CNS(C)(=O)=O)C3)coc12. The van der Waals surface area contributed by atoms with E-state index in [1.807, 2.05) is 42.5 Å². The highest BCUT2D eigenvalue weighted by Gasteiger charge is 2.30. The molecule has 1 N–H and O–H groups in total. The number of rotatable bonds is 8. The highest BCUT2D eigenvalue weighted by atomic mass is 32.2. The van der Waals surface area contributed by atoms with E-state index in [0.717, 1.165) is 22.9 Å². The fourth-order valence-electron chi connectivity index (χ4n) is 4.79. The molecule has 1 unspecified atom stereocenters. The number of fused-ring (bicyclic) bond motifs is 1. The number of nitrogens with zero attached hydrogens (tertiary/aromatic N) is 3. The van der Waals surface area contributed by atoms with Gasteiger partial charge in [0.1, 0.15) is 24.1 Å². The van der Waals surface area contributed by atoms with E-state index in [1.165, 1.54) is 6.26 Å². The molecule has 4 aromatic rings. The van der Waals surface area contributed by atoms with E-state index in [4.69, 9.17) is 13.9 Å². The van der Waals surface area contributed by atoms with Crippen LogP contribution in [0.5, 0.6) is 5.88 Å². The molecule has 41 heavy (non-hydrogen) atoms. The van der Waals surface area contributed by atoms with Crippen LogP contribution in [0.25, 0.3) is 22.2 Å². The number of benzene rings is 2. The number of sulfonamides is 1. The Morgan fingerprint density at radius 3 is 2.63 bits per heavy atom. The molecular weight excluding hydrogens is 544 g/mol. The van der Waals surface area contributed by atoms with E-state index in [-0.39, 0.29) is 24.4 Å². The number of aromatic nitrogens is 2. The second-order valence-electron chi connectivity index (χ2n) is 11.1. The molecule has 2 aromatic heterocycles. The monoisotopic (exact) mass is 578 g/mol. The van der Waals surface area contributed by atoms with E-state index >= 15 is 0 Å². The summed E-state index contributed by atoms with van der Waals surface area (Å²) >= 11 is 0. The van der Waals surface area contributed by atoms with Crippen LogP contribution in [0.1, 0.15) is 42.3 Å². The van der Waals surface area contributed by atoms with Gasteiger partial charge in [-0.15, -0.1) is 0 Å². The summed E-state index contributed by atoms with van der Waals surface area (Å²) in [5, 5.41) is 0.661. The minimum atomic E-state index is -3.38. The Hall–Kier alpha value is -3.80. The van der Waals surface area contributed by atoms with Crippen LogP contribution in [0.3, 0.4) is 0 Å². The van der Waals surface area contributed by atoms with Crippen molar-refractivity contribution < 1.29 is 27.1 Å². The summed E-state index contributed by atoms with van der Waals surface area (Å²) in [5.74, 6) is 0.175. The number of morpholine rings is 1. The highest BCUT2D eigenvalue weighted by molar-refractivity contribution is 7.88. The van der Waals surface area contributed by atoms with E-state index in [9.17, 15) is 13.2 Å². The Balaban J connectivity index is 1.50. The second-order valence-corrected chi connectivity index (χ2v) is 13.0. The van der Waals surface area contributed by atoms with Gasteiger partial charge in [-0.25, -0.2) is 23.1 Å². The van der Waals surface area contributed by atoms with Crippen LogP contribution in [-0.2, 0) is 26.8 Å². The van der Waals surface area contributed by atoms with E-state index in [2.05, 4.69) is 35.5 Å². The minimum absolute atomic E-state index is 0.0888. The van der Waals surface area contributed by atoms with Gasteiger partial charge in [-0.2, -0.15) is 0 Å². The molecule has 1 aliphatic rings. The number of ether oxygens (including phenoxy) is 2. The maximum Gasteiger partial charge on any atom is 0.257 e. The zero-order valence-electron chi connectivity index (χ0n) is 23.6. The van der Waals surface area contributed by atoms with Gasteiger partial charge in [0, 0.05) is 48.5 Å². The molecule has 0 bridgehead atoms. The van der Waals surface area contributed by atoms with Gasteiger partial charge in [0.05, 0.1) is 24.5 Å².